The van der Waals surface area contributed by atoms with Crippen LogP contribution in [0.3, 0.4) is 0 Å². The van der Waals surface area contributed by atoms with Gasteiger partial charge in [0.2, 0.25) is 0 Å². The summed E-state index contributed by atoms with van der Waals surface area (Å²) in [6.45, 7) is 0. The lowest BCUT2D eigenvalue weighted by molar-refractivity contribution is 0.669. The van der Waals surface area contributed by atoms with Gasteiger partial charge in [0.05, 0.1) is 11.0 Å². The summed E-state index contributed by atoms with van der Waals surface area (Å²) in [6, 6.07) is 58.5. The maximum absolute atomic E-state index is 6.13. The van der Waals surface area contributed by atoms with Crippen molar-refractivity contribution in [3.05, 3.63) is 164 Å². The highest BCUT2D eigenvalue weighted by Crippen LogP contribution is 2.39. The molecule has 2 nitrogen and oxygen atoms in total. The monoisotopic (exact) mass is 561 g/mol. The van der Waals surface area contributed by atoms with Crippen LogP contribution < -0.4 is 0 Å². The summed E-state index contributed by atoms with van der Waals surface area (Å²) in [6.07, 6.45) is 0. The topological polar surface area (TPSA) is 18.1 Å². The average molecular weight is 562 g/mol. The molecule has 206 valence electrons. The number of hydrogen-bond acceptors (Lipinski definition) is 1. The van der Waals surface area contributed by atoms with Crippen LogP contribution in [0.4, 0.5) is 0 Å². The van der Waals surface area contributed by atoms with Gasteiger partial charge in [0, 0.05) is 32.8 Å². The minimum atomic E-state index is 0.920. The molecule has 0 aliphatic carbocycles. The third kappa shape index (κ3) is 3.82. The summed E-state index contributed by atoms with van der Waals surface area (Å²) >= 11 is 0. The molecule has 0 fully saturated rings. The molecule has 0 atom stereocenters. The van der Waals surface area contributed by atoms with Gasteiger partial charge in [-0.15, -0.1) is 0 Å². The molecule has 0 bridgehead atoms. The van der Waals surface area contributed by atoms with Crippen molar-refractivity contribution in [2.75, 3.05) is 0 Å². The molecule has 0 aliphatic heterocycles. The molecule has 0 unspecified atom stereocenters. The van der Waals surface area contributed by atoms with Crippen LogP contribution in [-0.2, 0) is 0 Å². The molecule has 2 aromatic heterocycles. The Balaban J connectivity index is 1.13. The van der Waals surface area contributed by atoms with Crippen molar-refractivity contribution in [1.82, 2.24) is 4.57 Å². The number of benzene rings is 7. The van der Waals surface area contributed by atoms with E-state index in [1.165, 1.54) is 60.6 Å². The summed E-state index contributed by atoms with van der Waals surface area (Å²) in [4.78, 5) is 0. The number of rotatable bonds is 4. The van der Waals surface area contributed by atoms with Crippen molar-refractivity contribution in [3.63, 3.8) is 0 Å². The quantitative estimate of drug-likeness (QED) is 0.209. The Morgan fingerprint density at radius 2 is 0.932 bits per heavy atom. The zero-order valence-corrected chi connectivity index (χ0v) is 23.9. The molecule has 9 rings (SSSR count). The molecule has 0 saturated carbocycles. The van der Waals surface area contributed by atoms with Crippen molar-refractivity contribution in [1.29, 1.82) is 0 Å². The van der Waals surface area contributed by atoms with E-state index in [1.54, 1.807) is 0 Å². The summed E-state index contributed by atoms with van der Waals surface area (Å²) in [5.41, 5.74) is 12.6. The zero-order chi connectivity index (χ0) is 29.0. The highest BCUT2D eigenvalue weighted by atomic mass is 16.3. The highest BCUT2D eigenvalue weighted by Gasteiger charge is 2.16. The molecular weight excluding hydrogens is 534 g/mol. The van der Waals surface area contributed by atoms with Gasteiger partial charge in [0.1, 0.15) is 11.2 Å². The fraction of sp³-hybridized carbons (Fsp3) is 0. The lowest BCUT2D eigenvalue weighted by atomic mass is 9.97. The van der Waals surface area contributed by atoms with Crippen molar-refractivity contribution in [3.8, 4) is 39.1 Å². The zero-order valence-electron chi connectivity index (χ0n) is 23.9. The fourth-order valence-electron chi connectivity index (χ4n) is 6.80. The second-order valence-corrected chi connectivity index (χ2v) is 11.3. The van der Waals surface area contributed by atoms with Crippen LogP contribution in [0, 0.1) is 0 Å². The van der Waals surface area contributed by atoms with Gasteiger partial charge in [-0.3, -0.25) is 0 Å². The molecule has 0 aliphatic rings. The van der Waals surface area contributed by atoms with Gasteiger partial charge >= 0.3 is 0 Å². The van der Waals surface area contributed by atoms with Gasteiger partial charge in [-0.1, -0.05) is 133 Å². The first-order valence-electron chi connectivity index (χ1n) is 15.0. The molecule has 0 radical (unpaired) electrons. The van der Waals surface area contributed by atoms with E-state index in [-0.39, 0.29) is 0 Å². The van der Waals surface area contributed by atoms with E-state index in [0.717, 1.165) is 22.2 Å². The van der Waals surface area contributed by atoms with Crippen LogP contribution >= 0.6 is 0 Å². The van der Waals surface area contributed by atoms with Gasteiger partial charge in [-0.05, 0) is 58.1 Å². The second-order valence-electron chi connectivity index (χ2n) is 11.3. The summed E-state index contributed by atoms with van der Waals surface area (Å²) in [5.74, 6) is 0. The highest BCUT2D eigenvalue weighted by molar-refractivity contribution is 6.14. The van der Waals surface area contributed by atoms with Crippen LogP contribution in [0.1, 0.15) is 0 Å². The second kappa shape index (κ2) is 9.86. The first kappa shape index (κ1) is 24.7. The Morgan fingerprint density at radius 1 is 0.364 bits per heavy atom. The lowest BCUT2D eigenvalue weighted by Gasteiger charge is -2.13. The van der Waals surface area contributed by atoms with E-state index in [0.29, 0.717) is 0 Å². The largest absolute Gasteiger partial charge is 0.456 e. The Bertz CT molecular complexity index is 2460. The van der Waals surface area contributed by atoms with Crippen LogP contribution in [0.25, 0.3) is 82.8 Å². The number of nitrogens with zero attached hydrogens (tertiary/aromatic N) is 1. The Kier molecular flexibility index (Phi) is 5.54. The maximum Gasteiger partial charge on any atom is 0.136 e. The number of fused-ring (bicyclic) bond motifs is 6. The molecule has 0 N–H and O–H groups in total. The fourth-order valence-corrected chi connectivity index (χ4v) is 6.80. The van der Waals surface area contributed by atoms with Crippen LogP contribution in [-0.4, -0.2) is 4.57 Å². The van der Waals surface area contributed by atoms with Gasteiger partial charge in [0.25, 0.3) is 0 Å². The van der Waals surface area contributed by atoms with E-state index in [9.17, 15) is 0 Å². The normalized spacial score (nSPS) is 11.6. The number of para-hydroxylation sites is 3. The Morgan fingerprint density at radius 3 is 1.75 bits per heavy atom. The summed E-state index contributed by atoms with van der Waals surface area (Å²) < 4.78 is 8.55. The molecule has 0 amide bonds. The van der Waals surface area contributed by atoms with E-state index in [2.05, 4.69) is 156 Å². The predicted octanol–water partition coefficient (Wildman–Crippen LogP) is 11.7. The average Bonchev–Trinajstić information content (AvgIpc) is 3.65. The molecule has 2 heterocycles. The first-order valence-corrected chi connectivity index (χ1v) is 15.0. The van der Waals surface area contributed by atoms with Crippen LogP contribution in [0.2, 0.25) is 0 Å². The van der Waals surface area contributed by atoms with Crippen molar-refractivity contribution in [2.45, 2.75) is 0 Å². The van der Waals surface area contributed by atoms with Crippen LogP contribution in [0.15, 0.2) is 168 Å². The van der Waals surface area contributed by atoms with Crippen molar-refractivity contribution < 1.29 is 4.42 Å². The minimum absolute atomic E-state index is 0.920. The lowest BCUT2D eigenvalue weighted by Crippen LogP contribution is -1.95. The number of hydrogen-bond donors (Lipinski definition) is 0. The molecule has 0 spiro atoms. The van der Waals surface area contributed by atoms with E-state index in [4.69, 9.17) is 4.42 Å². The van der Waals surface area contributed by atoms with Crippen molar-refractivity contribution in [2.24, 2.45) is 0 Å². The van der Waals surface area contributed by atoms with Gasteiger partial charge in [0.15, 0.2) is 0 Å². The van der Waals surface area contributed by atoms with E-state index >= 15 is 0 Å². The van der Waals surface area contributed by atoms with Gasteiger partial charge in [-0.25, -0.2) is 0 Å². The third-order valence-electron chi connectivity index (χ3n) is 8.84. The SMILES string of the molecule is c1ccc(-c2cccc3c4ccccc4n(-c4ccc(-c5ccc(-c6cccc7oc8ccccc8c67)cc5)cc4)c23)cc1. The van der Waals surface area contributed by atoms with E-state index in [1.807, 2.05) is 12.1 Å². The number of furan rings is 1. The molecular formula is C42H27NO. The van der Waals surface area contributed by atoms with Gasteiger partial charge < -0.3 is 8.98 Å². The summed E-state index contributed by atoms with van der Waals surface area (Å²) in [5, 5.41) is 4.85. The summed E-state index contributed by atoms with van der Waals surface area (Å²) in [7, 11) is 0. The molecule has 44 heavy (non-hydrogen) atoms. The molecule has 9 aromatic rings. The molecule has 0 saturated heterocycles. The Hall–Kier alpha value is -5.86. The predicted molar refractivity (Wildman–Crippen MR) is 184 cm³/mol. The van der Waals surface area contributed by atoms with E-state index < -0.39 is 0 Å². The molecule has 7 aromatic carbocycles. The van der Waals surface area contributed by atoms with Gasteiger partial charge in [-0.2, -0.15) is 0 Å². The minimum Gasteiger partial charge on any atom is -0.456 e. The first-order chi connectivity index (χ1) is 21.8. The standard InChI is InChI=1S/C42H27NO/c1-2-10-30(11-3-1)34-15-8-16-36-35-12-4-6-17-38(35)43(42(34)36)32-26-24-29(25-27-32)28-20-22-31(23-21-28)33-14-9-19-40-41(33)37-13-5-7-18-39(37)44-40/h1-27H. The molecule has 2 heteroatoms. The third-order valence-corrected chi connectivity index (χ3v) is 8.84. The van der Waals surface area contributed by atoms with Crippen LogP contribution in [0.5, 0.6) is 0 Å². The Labute approximate surface area is 255 Å². The maximum atomic E-state index is 6.13. The van der Waals surface area contributed by atoms with Crippen molar-refractivity contribution >= 4 is 43.7 Å². The number of aromatic nitrogens is 1. The smallest absolute Gasteiger partial charge is 0.136 e.